The fourth-order valence-electron chi connectivity index (χ4n) is 4.12. The first-order chi connectivity index (χ1) is 15.0. The second kappa shape index (κ2) is 7.85. The molecule has 1 atom stereocenters. The summed E-state index contributed by atoms with van der Waals surface area (Å²) >= 11 is 5.95. The Balaban J connectivity index is 1.32. The first-order valence-electron chi connectivity index (χ1n) is 10.4. The highest BCUT2D eigenvalue weighted by Crippen LogP contribution is 2.39. The number of carbonyl (C=O) groups excluding carboxylic acids is 1. The van der Waals surface area contributed by atoms with E-state index < -0.39 is 0 Å². The van der Waals surface area contributed by atoms with Gasteiger partial charge in [0.15, 0.2) is 5.82 Å². The molecule has 0 unspecified atom stereocenters. The van der Waals surface area contributed by atoms with Gasteiger partial charge < -0.3 is 15.1 Å². The lowest BCUT2D eigenvalue weighted by atomic mass is 10.0. The molecule has 2 aromatic heterocycles. The summed E-state index contributed by atoms with van der Waals surface area (Å²) in [6, 6.07) is 7.54. The second-order valence-corrected chi connectivity index (χ2v) is 8.51. The van der Waals surface area contributed by atoms with E-state index in [1.807, 2.05) is 65.1 Å². The molecule has 4 heterocycles. The molecule has 0 radical (unpaired) electrons. The molecule has 0 saturated heterocycles. The van der Waals surface area contributed by atoms with Crippen molar-refractivity contribution in [2.24, 2.45) is 0 Å². The van der Waals surface area contributed by atoms with Gasteiger partial charge in [-0.3, -0.25) is 9.48 Å². The van der Waals surface area contributed by atoms with Gasteiger partial charge >= 0.3 is 0 Å². The summed E-state index contributed by atoms with van der Waals surface area (Å²) in [5, 5.41) is 8.51. The molecule has 0 saturated carbocycles. The minimum absolute atomic E-state index is 0.119. The number of aryl methyl sites for hydroxylation is 1. The third kappa shape index (κ3) is 3.72. The SMILES string of the molecule is C[C@H]1C(=O)N2CCCc3nc(NCc4cnn(Cc5ccc(Cl)cc5)c4)nc(c32)N1C. The van der Waals surface area contributed by atoms with E-state index in [0.717, 1.165) is 52.7 Å². The summed E-state index contributed by atoms with van der Waals surface area (Å²) < 4.78 is 1.90. The average Bonchev–Trinajstić information content (AvgIpc) is 3.23. The average molecular weight is 438 g/mol. The number of carbonyl (C=O) groups is 1. The summed E-state index contributed by atoms with van der Waals surface area (Å²) in [5.74, 6) is 1.51. The van der Waals surface area contributed by atoms with Crippen molar-refractivity contribution >= 4 is 35.0 Å². The van der Waals surface area contributed by atoms with Crippen LogP contribution in [0.5, 0.6) is 0 Å². The monoisotopic (exact) mass is 437 g/mol. The first-order valence-corrected chi connectivity index (χ1v) is 10.8. The van der Waals surface area contributed by atoms with E-state index in [9.17, 15) is 4.79 Å². The minimum Gasteiger partial charge on any atom is -0.350 e. The summed E-state index contributed by atoms with van der Waals surface area (Å²) in [6.07, 6.45) is 5.63. The molecule has 8 nitrogen and oxygen atoms in total. The van der Waals surface area contributed by atoms with Gasteiger partial charge in [0.05, 0.1) is 18.4 Å². The molecular formula is C22H24ClN7O. The molecule has 31 heavy (non-hydrogen) atoms. The zero-order valence-electron chi connectivity index (χ0n) is 17.5. The number of rotatable bonds is 5. The van der Waals surface area contributed by atoms with E-state index in [0.29, 0.717) is 19.0 Å². The number of nitrogens with zero attached hydrogens (tertiary/aromatic N) is 6. The largest absolute Gasteiger partial charge is 0.350 e. The third-order valence-electron chi connectivity index (χ3n) is 5.94. The van der Waals surface area contributed by atoms with Crippen LogP contribution in [0.3, 0.4) is 0 Å². The Morgan fingerprint density at radius 2 is 2.00 bits per heavy atom. The summed E-state index contributed by atoms with van der Waals surface area (Å²) in [5.41, 5.74) is 3.99. The number of hydrogen-bond donors (Lipinski definition) is 1. The van der Waals surface area contributed by atoms with Crippen molar-refractivity contribution < 1.29 is 4.79 Å². The number of nitrogens with one attached hydrogen (secondary N) is 1. The first kappa shape index (κ1) is 19.8. The molecule has 5 rings (SSSR count). The molecule has 3 aromatic rings. The Bertz CT molecular complexity index is 1130. The fraction of sp³-hybridized carbons (Fsp3) is 0.364. The maximum atomic E-state index is 12.7. The van der Waals surface area contributed by atoms with Crippen molar-refractivity contribution in [3.63, 3.8) is 0 Å². The summed E-state index contributed by atoms with van der Waals surface area (Å²) in [7, 11) is 1.92. The lowest BCUT2D eigenvalue weighted by Crippen LogP contribution is -2.53. The predicted octanol–water partition coefficient (Wildman–Crippen LogP) is 3.10. The molecule has 0 aliphatic carbocycles. The van der Waals surface area contributed by atoms with E-state index in [-0.39, 0.29) is 11.9 Å². The van der Waals surface area contributed by atoms with Crippen molar-refractivity contribution in [3.8, 4) is 0 Å². The van der Waals surface area contributed by atoms with Crippen LogP contribution in [0.15, 0.2) is 36.7 Å². The lowest BCUT2D eigenvalue weighted by molar-refractivity contribution is -0.119. The molecule has 0 bridgehead atoms. The summed E-state index contributed by atoms with van der Waals surface area (Å²) in [6.45, 7) is 3.91. The van der Waals surface area contributed by atoms with Crippen LogP contribution in [0.2, 0.25) is 5.02 Å². The lowest BCUT2D eigenvalue weighted by Gasteiger charge is -2.41. The van der Waals surface area contributed by atoms with Crippen molar-refractivity contribution in [2.45, 2.75) is 38.9 Å². The number of halogens is 1. The molecule has 2 aliphatic rings. The number of anilines is 3. The Morgan fingerprint density at radius 3 is 2.81 bits per heavy atom. The number of amides is 1. The highest BCUT2D eigenvalue weighted by molar-refractivity contribution is 6.30. The molecule has 1 aromatic carbocycles. The van der Waals surface area contributed by atoms with E-state index in [1.165, 1.54) is 0 Å². The number of hydrogen-bond acceptors (Lipinski definition) is 6. The predicted molar refractivity (Wildman–Crippen MR) is 121 cm³/mol. The van der Waals surface area contributed by atoms with Gasteiger partial charge in [0.25, 0.3) is 0 Å². The number of aromatic nitrogens is 4. The molecule has 2 aliphatic heterocycles. The topological polar surface area (TPSA) is 79.2 Å². The molecule has 160 valence electrons. The molecule has 9 heteroatoms. The van der Waals surface area contributed by atoms with E-state index in [1.54, 1.807) is 0 Å². The molecule has 1 amide bonds. The van der Waals surface area contributed by atoms with Crippen LogP contribution in [0.25, 0.3) is 0 Å². The summed E-state index contributed by atoms with van der Waals surface area (Å²) in [4.78, 5) is 25.9. The van der Waals surface area contributed by atoms with Crippen LogP contribution in [0, 0.1) is 0 Å². The zero-order chi connectivity index (χ0) is 21.5. The standard InChI is InChI=1S/C22H24ClN7O/c1-14-21(31)30-9-3-4-18-19(30)20(28(14)2)27-22(26-18)24-10-16-11-25-29(13-16)12-15-5-7-17(23)8-6-15/h5-8,11,13-14H,3-4,9-10,12H2,1-2H3,(H,24,26,27)/t14-/m0/s1. The maximum absolute atomic E-state index is 12.7. The van der Waals surface area contributed by atoms with Gasteiger partial charge in [-0.2, -0.15) is 10.1 Å². The van der Waals surface area contributed by atoms with E-state index in [4.69, 9.17) is 21.6 Å². The Kier molecular flexibility index (Phi) is 5.02. The molecule has 0 fully saturated rings. The van der Waals surface area contributed by atoms with Gasteiger partial charge in [-0.25, -0.2) is 4.98 Å². The van der Waals surface area contributed by atoms with Crippen molar-refractivity contribution in [3.05, 3.63) is 58.5 Å². The van der Waals surface area contributed by atoms with Gasteiger partial charge in [-0.05, 0) is 37.5 Å². The normalized spacial score (nSPS) is 17.6. The van der Waals surface area contributed by atoms with Crippen molar-refractivity contribution in [1.82, 2.24) is 19.7 Å². The smallest absolute Gasteiger partial charge is 0.249 e. The van der Waals surface area contributed by atoms with Crippen molar-refractivity contribution in [2.75, 3.05) is 28.7 Å². The molecular weight excluding hydrogens is 414 g/mol. The van der Waals surface area contributed by atoms with Crippen LogP contribution in [0.4, 0.5) is 17.5 Å². The Hall–Kier alpha value is -3.13. The van der Waals surface area contributed by atoms with Gasteiger partial charge in [0.2, 0.25) is 11.9 Å². The second-order valence-electron chi connectivity index (χ2n) is 8.07. The van der Waals surface area contributed by atoms with Crippen LogP contribution in [0.1, 0.15) is 30.2 Å². The van der Waals surface area contributed by atoms with Crippen LogP contribution in [-0.2, 0) is 24.3 Å². The fourth-order valence-corrected chi connectivity index (χ4v) is 4.24. The third-order valence-corrected chi connectivity index (χ3v) is 6.19. The maximum Gasteiger partial charge on any atom is 0.249 e. The number of likely N-dealkylation sites (N-methyl/N-ethyl adjacent to an activating group) is 1. The van der Waals surface area contributed by atoms with Crippen LogP contribution in [-0.4, -0.2) is 45.3 Å². The molecule has 0 spiro atoms. The highest BCUT2D eigenvalue weighted by atomic mass is 35.5. The van der Waals surface area contributed by atoms with Gasteiger partial charge in [-0.15, -0.1) is 0 Å². The van der Waals surface area contributed by atoms with Gasteiger partial charge in [0, 0.05) is 36.9 Å². The van der Waals surface area contributed by atoms with E-state index >= 15 is 0 Å². The zero-order valence-corrected chi connectivity index (χ0v) is 18.3. The highest BCUT2D eigenvalue weighted by Gasteiger charge is 2.38. The van der Waals surface area contributed by atoms with E-state index in [2.05, 4.69) is 10.4 Å². The quantitative estimate of drug-likeness (QED) is 0.660. The van der Waals surface area contributed by atoms with Crippen LogP contribution < -0.4 is 15.1 Å². The Morgan fingerprint density at radius 1 is 1.19 bits per heavy atom. The molecule has 1 N–H and O–H groups in total. The minimum atomic E-state index is -0.229. The van der Waals surface area contributed by atoms with Crippen molar-refractivity contribution in [1.29, 1.82) is 0 Å². The van der Waals surface area contributed by atoms with Gasteiger partial charge in [-0.1, -0.05) is 23.7 Å². The van der Waals surface area contributed by atoms with Crippen LogP contribution >= 0.6 is 11.6 Å². The number of benzene rings is 1. The van der Waals surface area contributed by atoms with Gasteiger partial charge in [0.1, 0.15) is 11.7 Å². The Labute approximate surface area is 185 Å².